The number of oxazole rings is 1. The average molecular weight is 409 g/mol. The lowest BCUT2D eigenvalue weighted by molar-refractivity contribution is 0.0934. The van der Waals surface area contributed by atoms with Crippen LogP contribution in [-0.2, 0) is 0 Å². The fourth-order valence-electron chi connectivity index (χ4n) is 2.38. The van der Waals surface area contributed by atoms with E-state index >= 15 is 0 Å². The summed E-state index contributed by atoms with van der Waals surface area (Å²) in [6.45, 7) is 1.58. The smallest absolute Gasteiger partial charge is 0.401 e. The van der Waals surface area contributed by atoms with Crippen LogP contribution < -0.4 is 15.4 Å². The molecule has 0 spiro atoms. The SMILES string of the molecule is CNc1c(F)cc(C(C)NC(=O)c2coc(Oc3cccc(Cl)n3)n2)cc1F. The van der Waals surface area contributed by atoms with Gasteiger partial charge in [0.2, 0.25) is 5.88 Å². The number of hydrogen-bond acceptors (Lipinski definition) is 6. The number of pyridine rings is 1. The van der Waals surface area contributed by atoms with E-state index in [0.717, 1.165) is 18.4 Å². The maximum Gasteiger partial charge on any atom is 0.401 e. The van der Waals surface area contributed by atoms with Crippen molar-refractivity contribution in [2.75, 3.05) is 12.4 Å². The summed E-state index contributed by atoms with van der Waals surface area (Å²) in [5.74, 6) is -1.98. The van der Waals surface area contributed by atoms with Gasteiger partial charge < -0.3 is 19.8 Å². The van der Waals surface area contributed by atoms with Crippen molar-refractivity contribution in [3.63, 3.8) is 0 Å². The van der Waals surface area contributed by atoms with Crippen LogP contribution in [0.25, 0.3) is 0 Å². The number of nitrogens with one attached hydrogen (secondary N) is 2. The Kier molecular flexibility index (Phi) is 5.74. The van der Waals surface area contributed by atoms with Crippen LogP contribution in [0.15, 0.2) is 41.0 Å². The van der Waals surface area contributed by atoms with Gasteiger partial charge in [0, 0.05) is 13.1 Å². The molecule has 2 aromatic heterocycles. The predicted molar refractivity (Wildman–Crippen MR) is 97.6 cm³/mol. The molecule has 1 aromatic carbocycles. The van der Waals surface area contributed by atoms with Gasteiger partial charge in [-0.1, -0.05) is 17.7 Å². The molecule has 0 radical (unpaired) electrons. The minimum absolute atomic E-state index is 0.0725. The van der Waals surface area contributed by atoms with E-state index in [4.69, 9.17) is 20.8 Å². The number of amides is 1. The Labute approximate surface area is 163 Å². The maximum absolute atomic E-state index is 13.9. The summed E-state index contributed by atoms with van der Waals surface area (Å²) < 4.78 is 38.1. The molecule has 28 heavy (non-hydrogen) atoms. The normalized spacial score (nSPS) is 11.8. The number of carbonyl (C=O) groups is 1. The van der Waals surface area contributed by atoms with Crippen LogP contribution >= 0.6 is 11.6 Å². The summed E-state index contributed by atoms with van der Waals surface area (Å²) in [5.41, 5.74) is -0.0581. The number of halogens is 3. The van der Waals surface area contributed by atoms with E-state index in [1.165, 1.54) is 13.1 Å². The monoisotopic (exact) mass is 408 g/mol. The molecule has 1 amide bonds. The van der Waals surface area contributed by atoms with Crippen molar-refractivity contribution in [1.29, 1.82) is 0 Å². The molecule has 3 aromatic rings. The first-order valence-corrected chi connectivity index (χ1v) is 8.48. The largest absolute Gasteiger partial charge is 0.416 e. The molecule has 0 aliphatic rings. The average Bonchev–Trinajstić information content (AvgIpc) is 3.10. The molecular weight excluding hydrogens is 394 g/mol. The molecular formula is C18H15ClF2N4O3. The number of hydrogen-bond donors (Lipinski definition) is 2. The summed E-state index contributed by atoms with van der Waals surface area (Å²) in [7, 11) is 1.41. The second kappa shape index (κ2) is 8.22. The number of ether oxygens (including phenoxy) is 1. The van der Waals surface area contributed by atoms with Crippen molar-refractivity contribution in [2.24, 2.45) is 0 Å². The third kappa shape index (κ3) is 4.37. The van der Waals surface area contributed by atoms with Crippen molar-refractivity contribution in [2.45, 2.75) is 13.0 Å². The van der Waals surface area contributed by atoms with Crippen molar-refractivity contribution >= 4 is 23.2 Å². The Balaban J connectivity index is 1.69. The molecule has 0 aliphatic carbocycles. The first kappa shape index (κ1) is 19.6. The number of rotatable bonds is 6. The molecule has 10 heteroatoms. The molecule has 2 N–H and O–H groups in total. The summed E-state index contributed by atoms with van der Waals surface area (Å²) >= 11 is 5.76. The first-order valence-electron chi connectivity index (χ1n) is 8.11. The number of anilines is 1. The fraction of sp³-hybridized carbons (Fsp3) is 0.167. The Morgan fingerprint density at radius 1 is 1.25 bits per heavy atom. The maximum atomic E-state index is 13.9. The van der Waals surface area contributed by atoms with Crippen LogP contribution in [-0.4, -0.2) is 22.9 Å². The zero-order valence-electron chi connectivity index (χ0n) is 14.8. The Morgan fingerprint density at radius 3 is 2.61 bits per heavy atom. The van der Waals surface area contributed by atoms with Crippen molar-refractivity contribution in [3.05, 3.63) is 64.6 Å². The number of aromatic nitrogens is 2. The third-order valence-electron chi connectivity index (χ3n) is 3.76. The van der Waals surface area contributed by atoms with Crippen LogP contribution in [0, 0.1) is 11.6 Å². The summed E-state index contributed by atoms with van der Waals surface area (Å²) in [4.78, 5) is 20.1. The topological polar surface area (TPSA) is 89.3 Å². The van der Waals surface area contributed by atoms with E-state index in [9.17, 15) is 13.6 Å². The number of nitrogens with zero attached hydrogens (tertiary/aromatic N) is 2. The fourth-order valence-corrected chi connectivity index (χ4v) is 2.54. The van der Waals surface area contributed by atoms with Gasteiger partial charge in [-0.25, -0.2) is 13.8 Å². The predicted octanol–water partition coefficient (Wildman–Crippen LogP) is 4.33. The van der Waals surface area contributed by atoms with E-state index in [2.05, 4.69) is 20.6 Å². The molecule has 2 heterocycles. The van der Waals surface area contributed by atoms with Crippen molar-refractivity contribution in [1.82, 2.24) is 15.3 Å². The summed E-state index contributed by atoms with van der Waals surface area (Å²) in [6, 6.07) is 6.33. The highest BCUT2D eigenvalue weighted by molar-refractivity contribution is 6.29. The molecule has 0 saturated carbocycles. The van der Waals surface area contributed by atoms with Crippen LogP contribution in [0.4, 0.5) is 14.5 Å². The van der Waals surface area contributed by atoms with E-state index in [0.29, 0.717) is 0 Å². The van der Waals surface area contributed by atoms with Crippen LogP contribution in [0.1, 0.15) is 29.0 Å². The van der Waals surface area contributed by atoms with Gasteiger partial charge in [0.1, 0.15) is 28.7 Å². The first-order chi connectivity index (χ1) is 13.4. The van der Waals surface area contributed by atoms with E-state index in [1.54, 1.807) is 19.1 Å². The summed E-state index contributed by atoms with van der Waals surface area (Å²) in [5, 5.41) is 5.24. The zero-order valence-corrected chi connectivity index (χ0v) is 15.6. The molecule has 0 saturated heterocycles. The van der Waals surface area contributed by atoms with E-state index < -0.39 is 23.6 Å². The van der Waals surface area contributed by atoms with Gasteiger partial charge in [0.05, 0.1) is 6.04 Å². The highest BCUT2D eigenvalue weighted by Crippen LogP contribution is 2.24. The molecule has 146 valence electrons. The van der Waals surface area contributed by atoms with Gasteiger partial charge in [-0.05, 0) is 30.7 Å². The lowest BCUT2D eigenvalue weighted by Gasteiger charge is -2.15. The molecule has 0 bridgehead atoms. The Morgan fingerprint density at radius 2 is 1.96 bits per heavy atom. The van der Waals surface area contributed by atoms with Gasteiger partial charge >= 0.3 is 6.08 Å². The van der Waals surface area contributed by atoms with Gasteiger partial charge in [0.25, 0.3) is 5.91 Å². The molecule has 0 fully saturated rings. The second-order valence-corrected chi connectivity index (χ2v) is 6.09. The highest BCUT2D eigenvalue weighted by atomic mass is 35.5. The molecule has 7 nitrogen and oxygen atoms in total. The third-order valence-corrected chi connectivity index (χ3v) is 3.97. The van der Waals surface area contributed by atoms with E-state index in [1.807, 2.05) is 0 Å². The standard InChI is InChI=1S/C18H15ClF2N4O3/c1-9(10-6-11(20)16(22-2)12(21)7-10)23-17(26)13-8-27-18(24-13)28-15-5-3-4-14(19)25-15/h3-9,22H,1-2H3,(H,23,26). The zero-order chi connectivity index (χ0) is 20.3. The van der Waals surface area contributed by atoms with E-state index in [-0.39, 0.29) is 34.1 Å². The number of carbonyl (C=O) groups excluding carboxylic acids is 1. The van der Waals surface area contributed by atoms with Crippen LogP contribution in [0.5, 0.6) is 12.0 Å². The molecule has 1 atom stereocenters. The lowest BCUT2D eigenvalue weighted by Crippen LogP contribution is -2.27. The Hall–Kier alpha value is -3.20. The van der Waals surface area contributed by atoms with Crippen LogP contribution in [0.2, 0.25) is 5.15 Å². The molecule has 0 aliphatic heterocycles. The molecule has 1 unspecified atom stereocenters. The minimum atomic E-state index is -0.759. The Bertz CT molecular complexity index is 989. The van der Waals surface area contributed by atoms with Gasteiger partial charge in [0.15, 0.2) is 5.69 Å². The lowest BCUT2D eigenvalue weighted by atomic mass is 10.1. The van der Waals surface area contributed by atoms with Gasteiger partial charge in [-0.2, -0.15) is 4.98 Å². The minimum Gasteiger partial charge on any atom is -0.416 e. The number of benzene rings is 1. The second-order valence-electron chi connectivity index (χ2n) is 5.70. The van der Waals surface area contributed by atoms with Crippen LogP contribution in [0.3, 0.4) is 0 Å². The van der Waals surface area contributed by atoms with Gasteiger partial charge in [-0.15, -0.1) is 0 Å². The van der Waals surface area contributed by atoms with Gasteiger partial charge in [-0.3, -0.25) is 4.79 Å². The quantitative estimate of drug-likeness (QED) is 0.590. The molecule has 3 rings (SSSR count). The summed E-state index contributed by atoms with van der Waals surface area (Å²) in [6.07, 6.45) is 0.885. The van der Waals surface area contributed by atoms with Crippen molar-refractivity contribution in [3.8, 4) is 12.0 Å². The highest BCUT2D eigenvalue weighted by Gasteiger charge is 2.19. The van der Waals surface area contributed by atoms with Crippen molar-refractivity contribution < 1.29 is 22.7 Å².